The Kier molecular flexibility index (Phi) is 2.88. The Morgan fingerprint density at radius 2 is 1.89 bits per heavy atom. The average molecular weight is 247 g/mol. The summed E-state index contributed by atoms with van der Waals surface area (Å²) in [7, 11) is 3.34. The van der Waals surface area contributed by atoms with Crippen LogP contribution in [0.4, 0.5) is 0 Å². The molecule has 1 fully saturated rings. The quantitative estimate of drug-likeness (QED) is 0.817. The normalized spacial score (nSPS) is 22.7. The van der Waals surface area contributed by atoms with E-state index < -0.39 is 0 Å². The number of methoxy groups -OCH3 is 2. The maximum Gasteiger partial charge on any atom is 0.283 e. The molecule has 0 radical (unpaired) electrons. The minimum atomic E-state index is -0.283. The maximum absolute atomic E-state index is 5.55. The van der Waals surface area contributed by atoms with Gasteiger partial charge in [0.2, 0.25) is 0 Å². The third-order valence-corrected chi connectivity index (χ3v) is 3.33. The average Bonchev–Trinajstić information content (AvgIpc) is 3.18. The fourth-order valence-electron chi connectivity index (χ4n) is 2.23. The van der Waals surface area contributed by atoms with Crippen molar-refractivity contribution in [1.29, 1.82) is 0 Å². The predicted molar refractivity (Wildman–Crippen MR) is 67.7 cm³/mol. The topological polar surface area (TPSA) is 30.9 Å². The van der Waals surface area contributed by atoms with Gasteiger partial charge in [-0.2, -0.15) is 0 Å². The van der Waals surface area contributed by atoms with Gasteiger partial charge in [-0.1, -0.05) is 0 Å². The van der Waals surface area contributed by atoms with Crippen LogP contribution in [0, 0.1) is 0 Å². The van der Waals surface area contributed by atoms with Gasteiger partial charge in [0.25, 0.3) is 6.41 Å². The van der Waals surface area contributed by atoms with E-state index in [1.807, 2.05) is 24.3 Å². The Hall–Kier alpha value is -1.68. The van der Waals surface area contributed by atoms with Crippen LogP contribution in [0.15, 0.2) is 30.5 Å². The standard InChI is InChI=1S/C14H17NO3/c1-16-12-7-3-10(4-8-12)13-9-18-14(17-2)15(13)11-5-6-11/h3-4,7-9,11,14H,5-6H2,1-2H3. The molecule has 1 heterocycles. The fourth-order valence-corrected chi connectivity index (χ4v) is 2.23. The van der Waals surface area contributed by atoms with Crippen LogP contribution in [-0.4, -0.2) is 31.6 Å². The van der Waals surface area contributed by atoms with Crippen LogP contribution in [0.1, 0.15) is 18.4 Å². The molecule has 1 aromatic rings. The molecule has 1 unspecified atom stereocenters. The van der Waals surface area contributed by atoms with E-state index in [1.54, 1.807) is 20.5 Å². The van der Waals surface area contributed by atoms with Crippen molar-refractivity contribution >= 4 is 5.70 Å². The Bertz CT molecular complexity index is 451. The molecule has 1 aliphatic heterocycles. The first-order valence-electron chi connectivity index (χ1n) is 6.14. The summed E-state index contributed by atoms with van der Waals surface area (Å²) in [6.45, 7) is 0. The zero-order chi connectivity index (χ0) is 12.5. The molecule has 4 nitrogen and oxygen atoms in total. The number of nitrogens with zero attached hydrogens (tertiary/aromatic N) is 1. The maximum atomic E-state index is 5.55. The molecule has 0 N–H and O–H groups in total. The number of rotatable bonds is 4. The van der Waals surface area contributed by atoms with E-state index in [9.17, 15) is 0 Å². The molecule has 2 aliphatic rings. The van der Waals surface area contributed by atoms with Crippen molar-refractivity contribution < 1.29 is 14.2 Å². The summed E-state index contributed by atoms with van der Waals surface area (Å²) < 4.78 is 16.1. The monoisotopic (exact) mass is 247 g/mol. The summed E-state index contributed by atoms with van der Waals surface area (Å²) in [4.78, 5) is 2.21. The first-order chi connectivity index (χ1) is 8.83. The summed E-state index contributed by atoms with van der Waals surface area (Å²) in [5.74, 6) is 0.861. The molecule has 1 aliphatic carbocycles. The van der Waals surface area contributed by atoms with Crippen LogP contribution in [0.25, 0.3) is 5.70 Å². The van der Waals surface area contributed by atoms with E-state index in [0.29, 0.717) is 6.04 Å². The minimum Gasteiger partial charge on any atom is -0.497 e. The van der Waals surface area contributed by atoms with Crippen molar-refractivity contribution in [2.24, 2.45) is 0 Å². The molecule has 1 atom stereocenters. The highest BCUT2D eigenvalue weighted by atomic mass is 16.7. The fraction of sp³-hybridized carbons (Fsp3) is 0.429. The number of hydrogen-bond donors (Lipinski definition) is 0. The van der Waals surface area contributed by atoms with Crippen molar-refractivity contribution in [3.05, 3.63) is 36.1 Å². The van der Waals surface area contributed by atoms with Crippen LogP contribution in [0.3, 0.4) is 0 Å². The second-order valence-electron chi connectivity index (χ2n) is 4.55. The Morgan fingerprint density at radius 1 is 1.17 bits per heavy atom. The molecule has 0 aromatic heterocycles. The van der Waals surface area contributed by atoms with E-state index in [-0.39, 0.29) is 6.41 Å². The molecular formula is C14H17NO3. The highest BCUT2D eigenvalue weighted by Gasteiger charge is 2.40. The first-order valence-corrected chi connectivity index (χ1v) is 6.14. The SMILES string of the molecule is COc1ccc(C2=COC(OC)N2C2CC2)cc1. The molecule has 0 amide bonds. The largest absolute Gasteiger partial charge is 0.497 e. The molecule has 0 saturated heterocycles. The predicted octanol–water partition coefficient (Wildman–Crippen LogP) is 2.42. The summed E-state index contributed by atoms with van der Waals surface area (Å²) in [5, 5.41) is 0. The molecular weight excluding hydrogens is 230 g/mol. The molecule has 0 bridgehead atoms. The van der Waals surface area contributed by atoms with Gasteiger partial charge in [0, 0.05) is 18.7 Å². The van der Waals surface area contributed by atoms with Crippen molar-refractivity contribution in [3.8, 4) is 5.75 Å². The highest BCUT2D eigenvalue weighted by Crippen LogP contribution is 2.39. The number of ether oxygens (including phenoxy) is 3. The second kappa shape index (κ2) is 4.53. The van der Waals surface area contributed by atoms with Gasteiger partial charge >= 0.3 is 0 Å². The lowest BCUT2D eigenvalue weighted by Gasteiger charge is -2.26. The van der Waals surface area contributed by atoms with Gasteiger partial charge in [0.15, 0.2) is 0 Å². The molecule has 3 rings (SSSR count). The minimum absolute atomic E-state index is 0.283. The third-order valence-electron chi connectivity index (χ3n) is 3.33. The van der Waals surface area contributed by atoms with E-state index in [1.165, 1.54) is 12.8 Å². The van der Waals surface area contributed by atoms with Gasteiger partial charge in [-0.05, 0) is 37.1 Å². The summed E-state index contributed by atoms with van der Waals surface area (Å²) >= 11 is 0. The molecule has 4 heteroatoms. The summed E-state index contributed by atoms with van der Waals surface area (Å²) in [6.07, 6.45) is 3.91. The van der Waals surface area contributed by atoms with Gasteiger partial charge in [-0.3, -0.25) is 0 Å². The van der Waals surface area contributed by atoms with Crippen LogP contribution in [0.5, 0.6) is 5.75 Å². The van der Waals surface area contributed by atoms with Gasteiger partial charge in [0.05, 0.1) is 12.8 Å². The van der Waals surface area contributed by atoms with E-state index in [4.69, 9.17) is 14.2 Å². The van der Waals surface area contributed by atoms with Crippen LogP contribution in [0.2, 0.25) is 0 Å². The van der Waals surface area contributed by atoms with Crippen molar-refractivity contribution in [2.45, 2.75) is 25.3 Å². The Labute approximate surface area is 107 Å². The van der Waals surface area contributed by atoms with Gasteiger partial charge < -0.3 is 19.1 Å². The van der Waals surface area contributed by atoms with Crippen LogP contribution in [-0.2, 0) is 9.47 Å². The van der Waals surface area contributed by atoms with Crippen molar-refractivity contribution in [2.75, 3.05) is 14.2 Å². The van der Waals surface area contributed by atoms with Crippen LogP contribution < -0.4 is 4.74 Å². The van der Waals surface area contributed by atoms with Crippen LogP contribution >= 0.6 is 0 Å². The highest BCUT2D eigenvalue weighted by molar-refractivity contribution is 5.65. The molecule has 1 saturated carbocycles. The zero-order valence-corrected chi connectivity index (χ0v) is 10.6. The van der Waals surface area contributed by atoms with E-state index in [0.717, 1.165) is 17.0 Å². The molecule has 18 heavy (non-hydrogen) atoms. The molecule has 96 valence electrons. The Balaban J connectivity index is 1.85. The lowest BCUT2D eigenvalue weighted by atomic mass is 10.1. The zero-order valence-electron chi connectivity index (χ0n) is 10.6. The summed E-state index contributed by atoms with van der Waals surface area (Å²) in [6, 6.07) is 8.55. The van der Waals surface area contributed by atoms with E-state index >= 15 is 0 Å². The lowest BCUT2D eigenvalue weighted by Crippen LogP contribution is -2.33. The number of hydrogen-bond acceptors (Lipinski definition) is 4. The Morgan fingerprint density at radius 3 is 2.44 bits per heavy atom. The van der Waals surface area contributed by atoms with Crippen molar-refractivity contribution in [3.63, 3.8) is 0 Å². The van der Waals surface area contributed by atoms with Crippen molar-refractivity contribution in [1.82, 2.24) is 4.90 Å². The molecule has 0 spiro atoms. The van der Waals surface area contributed by atoms with Gasteiger partial charge in [-0.15, -0.1) is 0 Å². The third kappa shape index (κ3) is 1.93. The summed E-state index contributed by atoms with van der Waals surface area (Å²) in [5.41, 5.74) is 2.22. The number of benzene rings is 1. The molecule has 1 aromatic carbocycles. The lowest BCUT2D eigenvalue weighted by molar-refractivity contribution is -0.144. The van der Waals surface area contributed by atoms with Gasteiger partial charge in [0.1, 0.15) is 12.0 Å². The second-order valence-corrected chi connectivity index (χ2v) is 4.55. The smallest absolute Gasteiger partial charge is 0.283 e. The van der Waals surface area contributed by atoms with E-state index in [2.05, 4.69) is 4.90 Å². The first kappa shape index (κ1) is 11.4. The van der Waals surface area contributed by atoms with Gasteiger partial charge in [-0.25, -0.2) is 0 Å².